The Balaban J connectivity index is 1.44. The van der Waals surface area contributed by atoms with E-state index in [4.69, 9.17) is 14.2 Å². The van der Waals surface area contributed by atoms with Gasteiger partial charge in [-0.15, -0.1) is 0 Å². The van der Waals surface area contributed by atoms with Gasteiger partial charge in [0, 0.05) is 50.0 Å². The molecular formula is C32H40N2O7. The molecule has 4 rings (SSSR count). The SMILES string of the molecule is COc1cc2c(cc1OC)[C@H]1C[C@@H](OC(=O)/C=C\C(=O)N[C@@H](Cc3ccccc3)C(=O)O)[C@H](CC(C)C)CN1CC2. The molecule has 1 fully saturated rings. The Morgan fingerprint density at radius 3 is 2.44 bits per heavy atom. The second-order valence-corrected chi connectivity index (χ2v) is 11.2. The first-order valence-electron chi connectivity index (χ1n) is 14.1. The highest BCUT2D eigenvalue weighted by atomic mass is 16.5. The van der Waals surface area contributed by atoms with Crippen LogP contribution in [0.1, 0.15) is 49.4 Å². The zero-order valence-electron chi connectivity index (χ0n) is 24.2. The second-order valence-electron chi connectivity index (χ2n) is 11.2. The van der Waals surface area contributed by atoms with Gasteiger partial charge in [-0.1, -0.05) is 44.2 Å². The van der Waals surface area contributed by atoms with Gasteiger partial charge in [-0.25, -0.2) is 9.59 Å². The number of fused-ring (bicyclic) bond motifs is 3. The predicted molar refractivity (Wildman–Crippen MR) is 154 cm³/mol. The molecule has 2 aromatic rings. The van der Waals surface area contributed by atoms with Gasteiger partial charge in [-0.2, -0.15) is 0 Å². The molecule has 2 heterocycles. The zero-order valence-corrected chi connectivity index (χ0v) is 24.2. The number of carboxylic acid groups (broad SMARTS) is 1. The minimum absolute atomic E-state index is 0.0707. The van der Waals surface area contributed by atoms with E-state index in [2.05, 4.69) is 24.1 Å². The van der Waals surface area contributed by atoms with E-state index in [1.165, 1.54) is 5.56 Å². The van der Waals surface area contributed by atoms with Gasteiger partial charge in [-0.3, -0.25) is 9.69 Å². The summed E-state index contributed by atoms with van der Waals surface area (Å²) >= 11 is 0. The smallest absolute Gasteiger partial charge is 0.331 e. The van der Waals surface area contributed by atoms with E-state index in [0.717, 1.165) is 49.2 Å². The van der Waals surface area contributed by atoms with Gasteiger partial charge >= 0.3 is 11.9 Å². The summed E-state index contributed by atoms with van der Waals surface area (Å²) in [5.41, 5.74) is 3.15. The lowest BCUT2D eigenvalue weighted by atomic mass is 9.79. The van der Waals surface area contributed by atoms with Crippen molar-refractivity contribution in [3.8, 4) is 11.5 Å². The molecule has 0 aliphatic carbocycles. The number of ether oxygens (including phenoxy) is 3. The first-order valence-corrected chi connectivity index (χ1v) is 14.1. The van der Waals surface area contributed by atoms with Gasteiger partial charge in [-0.05, 0) is 47.6 Å². The Labute approximate surface area is 241 Å². The first kappa shape index (κ1) is 30.1. The fourth-order valence-corrected chi connectivity index (χ4v) is 5.98. The minimum atomic E-state index is -1.15. The maximum atomic E-state index is 12.9. The lowest BCUT2D eigenvalue weighted by Crippen LogP contribution is -2.49. The average Bonchev–Trinajstić information content (AvgIpc) is 2.95. The van der Waals surface area contributed by atoms with Crippen LogP contribution in [0.25, 0.3) is 0 Å². The number of hydrogen-bond acceptors (Lipinski definition) is 7. The van der Waals surface area contributed by atoms with Crippen LogP contribution in [-0.4, -0.2) is 67.3 Å². The average molecular weight is 565 g/mol. The standard InChI is InChI=1S/C32H40N2O7/c1-20(2)14-23-19-34-13-12-22-16-28(39-3)29(40-4)17-24(22)26(34)18-27(23)41-31(36)11-10-30(35)33-25(32(37)38)15-21-8-6-5-7-9-21/h5-11,16-17,20,23,25-27H,12-15,18-19H2,1-4H3,(H,33,35)(H,37,38)/b11-10-/t23-,25+,26-,27-/m1/s1. The summed E-state index contributed by atoms with van der Waals surface area (Å²) in [5.74, 6) is -0.477. The third-order valence-electron chi connectivity index (χ3n) is 7.87. The summed E-state index contributed by atoms with van der Waals surface area (Å²) in [5, 5.41) is 12.0. The number of hydrogen-bond donors (Lipinski definition) is 2. The number of methoxy groups -OCH3 is 2. The quantitative estimate of drug-likeness (QED) is 0.312. The molecule has 0 radical (unpaired) electrons. The van der Waals surface area contributed by atoms with Crippen molar-refractivity contribution in [2.45, 2.75) is 57.7 Å². The Morgan fingerprint density at radius 1 is 1.07 bits per heavy atom. The lowest BCUT2D eigenvalue weighted by molar-refractivity contribution is -0.151. The zero-order chi connectivity index (χ0) is 29.5. The number of aliphatic carboxylic acids is 1. The van der Waals surface area contributed by atoms with Crippen LogP contribution in [0, 0.1) is 11.8 Å². The molecule has 9 heteroatoms. The van der Waals surface area contributed by atoms with E-state index in [-0.39, 0.29) is 24.5 Å². The summed E-state index contributed by atoms with van der Waals surface area (Å²) < 4.78 is 17.0. The van der Waals surface area contributed by atoms with E-state index in [9.17, 15) is 19.5 Å². The van der Waals surface area contributed by atoms with Crippen LogP contribution in [0.15, 0.2) is 54.6 Å². The number of esters is 1. The molecule has 0 unspecified atom stereocenters. The van der Waals surface area contributed by atoms with Gasteiger partial charge in [0.25, 0.3) is 0 Å². The van der Waals surface area contributed by atoms with Crippen LogP contribution in [0.5, 0.6) is 11.5 Å². The molecule has 0 saturated carbocycles. The molecule has 4 atom stereocenters. The van der Waals surface area contributed by atoms with Crippen LogP contribution in [-0.2, 0) is 32.0 Å². The molecule has 2 aliphatic heterocycles. The molecule has 0 bridgehead atoms. The van der Waals surface area contributed by atoms with Crippen molar-refractivity contribution >= 4 is 17.8 Å². The van der Waals surface area contributed by atoms with E-state index in [0.29, 0.717) is 23.8 Å². The van der Waals surface area contributed by atoms with Crippen molar-refractivity contribution in [1.82, 2.24) is 10.2 Å². The highest BCUT2D eigenvalue weighted by Crippen LogP contribution is 2.44. The predicted octanol–water partition coefficient (Wildman–Crippen LogP) is 3.95. The highest BCUT2D eigenvalue weighted by Gasteiger charge is 2.41. The van der Waals surface area contributed by atoms with Gasteiger partial charge < -0.3 is 24.6 Å². The Kier molecular flexibility index (Phi) is 10.0. The largest absolute Gasteiger partial charge is 0.493 e. The fourth-order valence-electron chi connectivity index (χ4n) is 5.98. The number of carboxylic acids is 1. The van der Waals surface area contributed by atoms with E-state index in [1.54, 1.807) is 26.4 Å². The van der Waals surface area contributed by atoms with Crippen LogP contribution in [0.2, 0.25) is 0 Å². The van der Waals surface area contributed by atoms with Gasteiger partial charge in [0.1, 0.15) is 12.1 Å². The van der Waals surface area contributed by atoms with E-state index >= 15 is 0 Å². The number of nitrogens with zero attached hydrogens (tertiary/aromatic N) is 1. The second kappa shape index (κ2) is 13.7. The Bertz CT molecular complexity index is 1260. The monoisotopic (exact) mass is 564 g/mol. The molecule has 2 aromatic carbocycles. The third kappa shape index (κ3) is 7.67. The number of piperidine rings is 1. The van der Waals surface area contributed by atoms with Crippen LogP contribution < -0.4 is 14.8 Å². The normalized spacial score (nSPS) is 21.0. The topological polar surface area (TPSA) is 114 Å². The number of nitrogens with one attached hydrogen (secondary N) is 1. The van der Waals surface area contributed by atoms with Crippen molar-refractivity contribution in [3.63, 3.8) is 0 Å². The van der Waals surface area contributed by atoms with Crippen LogP contribution in [0.3, 0.4) is 0 Å². The van der Waals surface area contributed by atoms with Crippen molar-refractivity contribution in [1.29, 1.82) is 0 Å². The Hall–Kier alpha value is -3.85. The van der Waals surface area contributed by atoms with Gasteiger partial charge in [0.2, 0.25) is 5.91 Å². The number of rotatable bonds is 11. The summed E-state index contributed by atoms with van der Waals surface area (Å²) in [4.78, 5) is 39.5. The van der Waals surface area contributed by atoms with Crippen molar-refractivity contribution < 1.29 is 33.7 Å². The summed E-state index contributed by atoms with van der Waals surface area (Å²) in [6.07, 6.45) is 4.37. The summed E-state index contributed by atoms with van der Waals surface area (Å²) in [6.45, 7) is 6.03. The highest BCUT2D eigenvalue weighted by molar-refractivity contribution is 5.96. The number of carbonyl (C=O) groups is 3. The molecule has 1 saturated heterocycles. The molecule has 220 valence electrons. The molecule has 9 nitrogen and oxygen atoms in total. The number of carbonyl (C=O) groups excluding carboxylic acids is 2. The lowest BCUT2D eigenvalue weighted by Gasteiger charge is -2.47. The molecule has 0 aromatic heterocycles. The molecule has 2 aliphatic rings. The number of amides is 1. The van der Waals surface area contributed by atoms with Crippen LogP contribution >= 0.6 is 0 Å². The summed E-state index contributed by atoms with van der Waals surface area (Å²) in [6, 6.07) is 12.1. The number of benzene rings is 2. The third-order valence-corrected chi connectivity index (χ3v) is 7.87. The minimum Gasteiger partial charge on any atom is -0.493 e. The molecule has 41 heavy (non-hydrogen) atoms. The molecule has 0 spiro atoms. The maximum Gasteiger partial charge on any atom is 0.331 e. The van der Waals surface area contributed by atoms with E-state index in [1.807, 2.05) is 30.3 Å². The molecular weight excluding hydrogens is 524 g/mol. The van der Waals surface area contributed by atoms with Gasteiger partial charge in [0.05, 0.1) is 14.2 Å². The Morgan fingerprint density at radius 2 is 1.78 bits per heavy atom. The van der Waals surface area contributed by atoms with Gasteiger partial charge in [0.15, 0.2) is 11.5 Å². The maximum absolute atomic E-state index is 12.9. The molecule has 1 amide bonds. The van der Waals surface area contributed by atoms with Crippen LogP contribution in [0.4, 0.5) is 0 Å². The van der Waals surface area contributed by atoms with Crippen molar-refractivity contribution in [2.24, 2.45) is 11.8 Å². The van der Waals surface area contributed by atoms with Crippen molar-refractivity contribution in [3.05, 3.63) is 71.3 Å². The molecule has 2 N–H and O–H groups in total. The van der Waals surface area contributed by atoms with Crippen molar-refractivity contribution in [2.75, 3.05) is 27.3 Å². The summed E-state index contributed by atoms with van der Waals surface area (Å²) in [7, 11) is 3.25. The fraction of sp³-hybridized carbons (Fsp3) is 0.469. The van der Waals surface area contributed by atoms with E-state index < -0.39 is 23.9 Å². The first-order chi connectivity index (χ1) is 19.7.